The molecule has 0 unspecified atom stereocenters. The van der Waals surface area contributed by atoms with Crippen molar-refractivity contribution in [2.24, 2.45) is 4.99 Å². The summed E-state index contributed by atoms with van der Waals surface area (Å²) in [6, 6.07) is 7.75. The monoisotopic (exact) mass is 203 g/mol. The van der Waals surface area contributed by atoms with E-state index < -0.39 is 0 Å². The molecule has 0 radical (unpaired) electrons. The highest BCUT2D eigenvalue weighted by Crippen LogP contribution is 2.26. The van der Waals surface area contributed by atoms with Crippen LogP contribution in [-0.2, 0) is 0 Å². The summed E-state index contributed by atoms with van der Waals surface area (Å²) in [6.45, 7) is 6.10. The van der Waals surface area contributed by atoms with Gasteiger partial charge >= 0.3 is 0 Å². The summed E-state index contributed by atoms with van der Waals surface area (Å²) in [6.07, 6.45) is 2.05. The quantitative estimate of drug-likeness (QED) is 0.685. The molecular weight excluding hydrogens is 186 g/mol. The predicted molar refractivity (Wildman–Crippen MR) is 65.2 cm³/mol. The summed E-state index contributed by atoms with van der Waals surface area (Å²) >= 11 is 0. The average molecular weight is 203 g/mol. The van der Waals surface area contributed by atoms with Gasteiger partial charge in [-0.25, -0.2) is 4.99 Å². The number of hydrogen-bond donors (Lipinski definition) is 0. The second-order valence-corrected chi connectivity index (χ2v) is 3.65. The predicted octanol–water partition coefficient (Wildman–Crippen LogP) is 3.75. The van der Waals surface area contributed by atoms with Gasteiger partial charge in [0.15, 0.2) is 0 Å². The first-order valence-corrected chi connectivity index (χ1v) is 4.96. The Morgan fingerprint density at radius 1 is 1.20 bits per heavy atom. The molecule has 0 atom stereocenters. The molecule has 15 heavy (non-hydrogen) atoms. The minimum Gasteiger partial charge on any atom is -0.494 e. The molecule has 2 nitrogen and oxygen atoms in total. The summed E-state index contributed by atoms with van der Waals surface area (Å²) < 4.78 is 5.22. The fourth-order valence-electron chi connectivity index (χ4n) is 1.36. The fourth-order valence-corrected chi connectivity index (χ4v) is 1.36. The maximum absolute atomic E-state index is 5.22. The zero-order chi connectivity index (χ0) is 11.3. The summed E-state index contributed by atoms with van der Waals surface area (Å²) in [5, 5.41) is 0. The summed E-state index contributed by atoms with van der Waals surface area (Å²) in [7, 11) is 1.66. The third-order valence-corrected chi connectivity index (χ3v) is 1.88. The molecule has 2 heteroatoms. The standard InChI is InChI=1S/C13H17NO/c1-10(2)9-11(3)14-12-7-5-6-8-13(12)15-4/h5-9H,1-4H3/b14-11-. The smallest absolute Gasteiger partial charge is 0.144 e. The molecule has 1 aromatic carbocycles. The Morgan fingerprint density at radius 3 is 2.47 bits per heavy atom. The molecule has 0 heterocycles. The van der Waals surface area contributed by atoms with Crippen LogP contribution in [0.4, 0.5) is 5.69 Å². The lowest BCUT2D eigenvalue weighted by Crippen LogP contribution is -1.87. The molecule has 0 aromatic heterocycles. The number of rotatable bonds is 3. The number of hydrogen-bond acceptors (Lipinski definition) is 2. The Balaban J connectivity index is 3.02. The highest BCUT2D eigenvalue weighted by atomic mass is 16.5. The Hall–Kier alpha value is -1.57. The van der Waals surface area contributed by atoms with Gasteiger partial charge in [0.2, 0.25) is 0 Å². The van der Waals surface area contributed by atoms with Crippen molar-refractivity contribution < 1.29 is 4.74 Å². The topological polar surface area (TPSA) is 21.6 Å². The van der Waals surface area contributed by atoms with Crippen molar-refractivity contribution in [3.8, 4) is 5.75 Å². The molecule has 0 saturated heterocycles. The molecule has 0 N–H and O–H groups in total. The van der Waals surface area contributed by atoms with Gasteiger partial charge in [0.1, 0.15) is 11.4 Å². The van der Waals surface area contributed by atoms with Crippen LogP contribution in [0, 0.1) is 0 Å². The van der Waals surface area contributed by atoms with E-state index in [4.69, 9.17) is 4.74 Å². The van der Waals surface area contributed by atoms with Crippen molar-refractivity contribution in [3.63, 3.8) is 0 Å². The van der Waals surface area contributed by atoms with Crippen molar-refractivity contribution in [1.82, 2.24) is 0 Å². The molecule has 0 aliphatic heterocycles. The van der Waals surface area contributed by atoms with Gasteiger partial charge in [-0.15, -0.1) is 0 Å². The van der Waals surface area contributed by atoms with Gasteiger partial charge in [0.25, 0.3) is 0 Å². The van der Waals surface area contributed by atoms with E-state index in [0.29, 0.717) is 0 Å². The number of ether oxygens (including phenoxy) is 1. The third kappa shape index (κ3) is 3.58. The minimum atomic E-state index is 0.805. The van der Waals surface area contributed by atoms with E-state index in [1.165, 1.54) is 5.57 Å². The zero-order valence-corrected chi connectivity index (χ0v) is 9.74. The highest BCUT2D eigenvalue weighted by Gasteiger charge is 1.98. The number of benzene rings is 1. The van der Waals surface area contributed by atoms with Crippen LogP contribution in [0.25, 0.3) is 0 Å². The molecule has 0 spiro atoms. The number of allylic oxidation sites excluding steroid dienone is 2. The Labute approximate surface area is 91.3 Å². The van der Waals surface area contributed by atoms with E-state index in [1.807, 2.05) is 37.3 Å². The molecule has 80 valence electrons. The molecule has 1 rings (SSSR count). The summed E-state index contributed by atoms with van der Waals surface area (Å²) in [5.74, 6) is 0.805. The number of para-hydroxylation sites is 2. The highest BCUT2D eigenvalue weighted by molar-refractivity contribution is 5.95. The summed E-state index contributed by atoms with van der Waals surface area (Å²) in [5.41, 5.74) is 3.10. The second kappa shape index (κ2) is 5.35. The third-order valence-electron chi connectivity index (χ3n) is 1.88. The fraction of sp³-hybridized carbons (Fsp3) is 0.308. The van der Waals surface area contributed by atoms with Gasteiger partial charge < -0.3 is 4.74 Å². The van der Waals surface area contributed by atoms with E-state index in [0.717, 1.165) is 17.1 Å². The first-order valence-electron chi connectivity index (χ1n) is 4.96. The first-order chi connectivity index (χ1) is 7.13. The van der Waals surface area contributed by atoms with E-state index >= 15 is 0 Å². The SMILES string of the molecule is COc1ccccc1/N=C(/C)C=C(C)C. The molecule has 0 amide bonds. The normalized spacial score (nSPS) is 11.1. The van der Waals surface area contributed by atoms with Crippen molar-refractivity contribution >= 4 is 11.4 Å². The van der Waals surface area contributed by atoms with Gasteiger partial charge in [0.05, 0.1) is 7.11 Å². The average Bonchev–Trinajstić information content (AvgIpc) is 2.17. The number of aliphatic imine (C=N–C) groups is 1. The Morgan fingerprint density at radius 2 is 1.87 bits per heavy atom. The zero-order valence-electron chi connectivity index (χ0n) is 9.74. The van der Waals surface area contributed by atoms with Crippen LogP contribution in [-0.4, -0.2) is 12.8 Å². The molecule has 0 saturated carbocycles. The Bertz CT molecular complexity index is 387. The van der Waals surface area contributed by atoms with E-state index in [1.54, 1.807) is 7.11 Å². The largest absolute Gasteiger partial charge is 0.494 e. The van der Waals surface area contributed by atoms with Gasteiger partial charge in [-0.3, -0.25) is 0 Å². The molecule has 0 bridgehead atoms. The first kappa shape index (κ1) is 11.5. The molecule has 0 aliphatic carbocycles. The molecule has 0 aliphatic rings. The van der Waals surface area contributed by atoms with E-state index in [-0.39, 0.29) is 0 Å². The van der Waals surface area contributed by atoms with Crippen LogP contribution in [0.2, 0.25) is 0 Å². The van der Waals surface area contributed by atoms with Crippen LogP contribution < -0.4 is 4.74 Å². The number of methoxy groups -OCH3 is 1. The van der Waals surface area contributed by atoms with Crippen LogP contribution in [0.5, 0.6) is 5.75 Å². The lowest BCUT2D eigenvalue weighted by Gasteiger charge is -2.03. The van der Waals surface area contributed by atoms with E-state index in [9.17, 15) is 0 Å². The van der Waals surface area contributed by atoms with Crippen LogP contribution in [0.3, 0.4) is 0 Å². The lowest BCUT2D eigenvalue weighted by molar-refractivity contribution is 0.416. The Kier molecular flexibility index (Phi) is 4.10. The number of nitrogens with zero attached hydrogens (tertiary/aromatic N) is 1. The van der Waals surface area contributed by atoms with Crippen molar-refractivity contribution in [2.45, 2.75) is 20.8 Å². The van der Waals surface area contributed by atoms with Crippen LogP contribution in [0.15, 0.2) is 40.9 Å². The van der Waals surface area contributed by atoms with Gasteiger partial charge in [-0.2, -0.15) is 0 Å². The second-order valence-electron chi connectivity index (χ2n) is 3.65. The maximum Gasteiger partial charge on any atom is 0.144 e. The van der Waals surface area contributed by atoms with Crippen molar-refractivity contribution in [3.05, 3.63) is 35.9 Å². The van der Waals surface area contributed by atoms with E-state index in [2.05, 4.69) is 18.8 Å². The van der Waals surface area contributed by atoms with Crippen LogP contribution >= 0.6 is 0 Å². The molecule has 1 aromatic rings. The van der Waals surface area contributed by atoms with Crippen molar-refractivity contribution in [1.29, 1.82) is 0 Å². The van der Waals surface area contributed by atoms with Gasteiger partial charge in [0, 0.05) is 5.71 Å². The van der Waals surface area contributed by atoms with Gasteiger partial charge in [-0.05, 0) is 39.0 Å². The summed E-state index contributed by atoms with van der Waals surface area (Å²) in [4.78, 5) is 4.49. The maximum atomic E-state index is 5.22. The minimum absolute atomic E-state index is 0.805. The van der Waals surface area contributed by atoms with Crippen LogP contribution in [0.1, 0.15) is 20.8 Å². The molecule has 0 fully saturated rings. The molecular formula is C13H17NO. The van der Waals surface area contributed by atoms with Gasteiger partial charge in [-0.1, -0.05) is 17.7 Å². The lowest BCUT2D eigenvalue weighted by atomic mass is 10.2. The van der Waals surface area contributed by atoms with Crippen molar-refractivity contribution in [2.75, 3.05) is 7.11 Å².